The molecule has 0 unspecified atom stereocenters. The van der Waals surface area contributed by atoms with Crippen LogP contribution in [0.1, 0.15) is 22.3 Å². The van der Waals surface area contributed by atoms with Gasteiger partial charge < -0.3 is 10.1 Å². The maximum Gasteiger partial charge on any atom is 0.251 e. The minimum atomic E-state index is -3.57. The van der Waals surface area contributed by atoms with Crippen molar-refractivity contribution in [3.8, 4) is 0 Å². The summed E-state index contributed by atoms with van der Waals surface area (Å²) < 4.78 is 30.7. The number of hydrogen-bond acceptors (Lipinski definition) is 4. The first-order chi connectivity index (χ1) is 13.2. The molecule has 0 fully saturated rings. The third kappa shape index (κ3) is 6.67. The van der Waals surface area contributed by atoms with Crippen molar-refractivity contribution in [3.05, 3.63) is 63.6 Å². The zero-order valence-electron chi connectivity index (χ0n) is 15.6. The minimum Gasteiger partial charge on any atom is -0.385 e. The average molecular weight is 445 g/mol. The Morgan fingerprint density at radius 1 is 1.11 bits per heavy atom. The maximum absolute atomic E-state index is 12.3. The van der Waals surface area contributed by atoms with Gasteiger partial charge in [0.25, 0.3) is 5.91 Å². The number of ether oxygens (including phenoxy) is 1. The number of amides is 1. The molecule has 2 aromatic rings. The Bertz CT molecular complexity index is 898. The molecule has 0 aliphatic rings. The normalized spacial score (nSPS) is 11.3. The summed E-state index contributed by atoms with van der Waals surface area (Å²) in [6.45, 7) is 1.19. The number of sulfonamides is 1. The first-order valence-electron chi connectivity index (χ1n) is 8.50. The molecule has 0 aliphatic heterocycles. The summed E-state index contributed by atoms with van der Waals surface area (Å²) in [6, 6.07) is 11.4. The van der Waals surface area contributed by atoms with Crippen LogP contribution in [-0.4, -0.2) is 40.8 Å². The Labute approximate surface area is 175 Å². The molecule has 0 bridgehead atoms. The largest absolute Gasteiger partial charge is 0.385 e. The molecule has 0 spiro atoms. The standard InChI is InChI=1S/C19H22Cl2N2O4S/c1-27-9-3-8-22-19(24)15-6-4-14(5-7-15)13-23(28(2,25)26)18-11-16(20)10-17(21)12-18/h4-7,10-12H,3,8-9,13H2,1-2H3,(H,22,24). The van der Waals surface area contributed by atoms with E-state index < -0.39 is 10.0 Å². The first kappa shape index (κ1) is 22.5. The van der Waals surface area contributed by atoms with Crippen LogP contribution in [0.2, 0.25) is 10.0 Å². The molecule has 0 radical (unpaired) electrons. The van der Waals surface area contributed by atoms with Crippen molar-refractivity contribution in [1.82, 2.24) is 5.32 Å². The van der Waals surface area contributed by atoms with E-state index in [0.29, 0.717) is 34.4 Å². The molecule has 1 N–H and O–H groups in total. The number of nitrogens with one attached hydrogen (secondary N) is 1. The Kier molecular flexibility index (Phi) is 8.12. The number of nitrogens with zero attached hydrogens (tertiary/aromatic N) is 1. The number of methoxy groups -OCH3 is 1. The van der Waals surface area contributed by atoms with Gasteiger partial charge in [0.2, 0.25) is 10.0 Å². The van der Waals surface area contributed by atoms with Crippen molar-refractivity contribution in [2.45, 2.75) is 13.0 Å². The SMILES string of the molecule is COCCCNC(=O)c1ccc(CN(c2cc(Cl)cc(Cl)c2)S(C)(=O)=O)cc1. The maximum atomic E-state index is 12.3. The average Bonchev–Trinajstić information content (AvgIpc) is 2.62. The van der Waals surface area contributed by atoms with E-state index in [2.05, 4.69) is 5.32 Å². The summed E-state index contributed by atoms with van der Waals surface area (Å²) >= 11 is 12.0. The Morgan fingerprint density at radius 2 is 1.71 bits per heavy atom. The van der Waals surface area contributed by atoms with Crippen molar-refractivity contribution < 1.29 is 17.9 Å². The molecule has 0 heterocycles. The van der Waals surface area contributed by atoms with Gasteiger partial charge in [-0.3, -0.25) is 9.10 Å². The second-order valence-corrected chi connectivity index (χ2v) is 8.98. The number of benzene rings is 2. The number of halogens is 2. The predicted octanol–water partition coefficient (Wildman–Crippen LogP) is 3.73. The lowest BCUT2D eigenvalue weighted by Crippen LogP contribution is -2.29. The van der Waals surface area contributed by atoms with E-state index in [9.17, 15) is 13.2 Å². The van der Waals surface area contributed by atoms with Crippen LogP contribution in [0, 0.1) is 0 Å². The van der Waals surface area contributed by atoms with Crippen LogP contribution in [-0.2, 0) is 21.3 Å². The highest BCUT2D eigenvalue weighted by Crippen LogP contribution is 2.28. The Morgan fingerprint density at radius 3 is 2.25 bits per heavy atom. The Balaban J connectivity index is 2.14. The zero-order chi connectivity index (χ0) is 20.7. The monoisotopic (exact) mass is 444 g/mol. The van der Waals surface area contributed by atoms with Crippen LogP contribution in [0.5, 0.6) is 0 Å². The van der Waals surface area contributed by atoms with Gasteiger partial charge in [-0.25, -0.2) is 8.42 Å². The molecular formula is C19H22Cl2N2O4S. The summed E-state index contributed by atoms with van der Waals surface area (Å²) in [7, 11) is -1.96. The second kappa shape index (κ2) is 10.1. The predicted molar refractivity (Wildman–Crippen MR) is 113 cm³/mol. The van der Waals surface area contributed by atoms with Gasteiger partial charge in [0, 0.05) is 35.9 Å². The molecule has 0 aliphatic carbocycles. The van der Waals surface area contributed by atoms with Crippen molar-refractivity contribution in [1.29, 1.82) is 0 Å². The quantitative estimate of drug-likeness (QED) is 0.597. The van der Waals surface area contributed by atoms with E-state index >= 15 is 0 Å². The molecule has 2 aromatic carbocycles. The number of carbonyl (C=O) groups excluding carboxylic acids is 1. The van der Waals surface area contributed by atoms with Gasteiger partial charge in [0.05, 0.1) is 18.5 Å². The van der Waals surface area contributed by atoms with Crippen LogP contribution in [0.3, 0.4) is 0 Å². The second-order valence-electron chi connectivity index (χ2n) is 6.20. The van der Waals surface area contributed by atoms with E-state index in [0.717, 1.165) is 18.2 Å². The lowest BCUT2D eigenvalue weighted by molar-refractivity contribution is 0.0948. The number of carbonyl (C=O) groups is 1. The van der Waals surface area contributed by atoms with Gasteiger partial charge >= 0.3 is 0 Å². The first-order valence-corrected chi connectivity index (χ1v) is 11.1. The molecule has 2 rings (SSSR count). The summed E-state index contributed by atoms with van der Waals surface area (Å²) in [4.78, 5) is 12.1. The van der Waals surface area contributed by atoms with Crippen LogP contribution in [0.15, 0.2) is 42.5 Å². The van der Waals surface area contributed by atoms with Crippen molar-refractivity contribution >= 4 is 44.8 Å². The van der Waals surface area contributed by atoms with Crippen molar-refractivity contribution in [2.24, 2.45) is 0 Å². The molecule has 9 heteroatoms. The third-order valence-corrected chi connectivity index (χ3v) is 5.47. The molecule has 0 saturated heterocycles. The molecule has 1 amide bonds. The van der Waals surface area contributed by atoms with Crippen molar-refractivity contribution in [3.63, 3.8) is 0 Å². The fraction of sp³-hybridized carbons (Fsp3) is 0.316. The number of hydrogen-bond donors (Lipinski definition) is 1. The molecule has 0 saturated carbocycles. The van der Waals surface area contributed by atoms with Gasteiger partial charge in [-0.05, 0) is 42.3 Å². The minimum absolute atomic E-state index is 0.0885. The third-order valence-electron chi connectivity index (χ3n) is 3.89. The van der Waals surface area contributed by atoms with E-state index in [4.69, 9.17) is 27.9 Å². The highest BCUT2D eigenvalue weighted by molar-refractivity contribution is 7.92. The smallest absolute Gasteiger partial charge is 0.251 e. The van der Waals surface area contributed by atoms with Gasteiger partial charge in [-0.1, -0.05) is 35.3 Å². The number of rotatable bonds is 9. The number of anilines is 1. The fourth-order valence-corrected chi connectivity index (χ4v) is 3.92. The van der Waals surface area contributed by atoms with Crippen LogP contribution < -0.4 is 9.62 Å². The topological polar surface area (TPSA) is 75.7 Å². The fourth-order valence-electron chi connectivity index (χ4n) is 2.53. The molecule has 28 heavy (non-hydrogen) atoms. The summed E-state index contributed by atoms with van der Waals surface area (Å²) in [5, 5.41) is 3.49. The van der Waals surface area contributed by atoms with Gasteiger partial charge in [-0.2, -0.15) is 0 Å². The van der Waals surface area contributed by atoms with Crippen LogP contribution >= 0.6 is 23.2 Å². The summed E-state index contributed by atoms with van der Waals surface area (Å²) in [5.41, 5.74) is 1.59. The lowest BCUT2D eigenvalue weighted by Gasteiger charge is -2.23. The summed E-state index contributed by atoms with van der Waals surface area (Å²) in [5.74, 6) is -0.191. The highest BCUT2D eigenvalue weighted by atomic mass is 35.5. The summed E-state index contributed by atoms with van der Waals surface area (Å²) in [6.07, 6.45) is 1.84. The van der Waals surface area contributed by atoms with E-state index in [1.54, 1.807) is 31.4 Å². The molecule has 152 valence electrons. The van der Waals surface area contributed by atoms with E-state index in [1.165, 1.54) is 22.5 Å². The molecular weight excluding hydrogens is 423 g/mol. The van der Waals surface area contributed by atoms with Gasteiger partial charge in [0.1, 0.15) is 0 Å². The Hall–Kier alpha value is -1.80. The highest BCUT2D eigenvalue weighted by Gasteiger charge is 2.19. The van der Waals surface area contributed by atoms with Crippen LogP contribution in [0.4, 0.5) is 5.69 Å². The van der Waals surface area contributed by atoms with Gasteiger partial charge in [-0.15, -0.1) is 0 Å². The molecule has 0 atom stereocenters. The molecule has 0 aromatic heterocycles. The van der Waals surface area contributed by atoms with E-state index in [-0.39, 0.29) is 12.5 Å². The van der Waals surface area contributed by atoms with Gasteiger partial charge in [0.15, 0.2) is 0 Å². The molecule has 6 nitrogen and oxygen atoms in total. The van der Waals surface area contributed by atoms with E-state index in [1.807, 2.05) is 0 Å². The lowest BCUT2D eigenvalue weighted by atomic mass is 10.1. The van der Waals surface area contributed by atoms with Crippen molar-refractivity contribution in [2.75, 3.05) is 30.8 Å². The van der Waals surface area contributed by atoms with Crippen LogP contribution in [0.25, 0.3) is 0 Å². The zero-order valence-corrected chi connectivity index (χ0v) is 17.9.